The van der Waals surface area contributed by atoms with Crippen LogP contribution < -0.4 is 0 Å². The molecule has 0 aliphatic heterocycles. The molecule has 0 nitrogen and oxygen atoms in total. The van der Waals surface area contributed by atoms with Gasteiger partial charge in [-0.15, -0.1) is 0 Å². The van der Waals surface area contributed by atoms with Gasteiger partial charge in [0.1, 0.15) is 0 Å². The van der Waals surface area contributed by atoms with Crippen LogP contribution in [0.2, 0.25) is 0 Å². The third-order valence-electron chi connectivity index (χ3n) is 0.289. The molecule has 0 aromatic carbocycles. The molecule has 0 aliphatic rings. The first-order chi connectivity index (χ1) is 2.41. The fourth-order valence-corrected chi connectivity index (χ4v) is 0.530. The predicted octanol–water partition coefficient (Wildman–Crippen LogP) is -0.291. The third-order valence-corrected chi connectivity index (χ3v) is 0.866. The molecule has 0 N–H and O–H groups in total. The Hall–Kier alpha value is 2.54. The van der Waals surface area contributed by atoms with Crippen molar-refractivity contribution in [3.8, 4) is 0 Å². The Morgan fingerprint density at radius 1 is 0.857 bits per heavy atom. The monoisotopic (exact) mass is 516 g/mol. The van der Waals surface area contributed by atoms with Crippen LogP contribution in [0.15, 0.2) is 0 Å². The second-order valence-electron chi connectivity index (χ2n) is 0.762. The summed E-state index contributed by atoms with van der Waals surface area (Å²) < 4.78 is 0. The van der Waals surface area contributed by atoms with Gasteiger partial charge in [0.05, 0.1) is 0 Å². The van der Waals surface area contributed by atoms with Gasteiger partial charge in [0, 0.05) is 0 Å². The van der Waals surface area contributed by atoms with Gasteiger partial charge in [-0.25, -0.2) is 0 Å². The fourth-order valence-electron chi connectivity index (χ4n) is 0.0589. The normalized spacial score (nSPS) is 6.00. The van der Waals surface area contributed by atoms with Gasteiger partial charge in [-0.3, -0.25) is 0 Å². The fraction of sp³-hybridized carbons (Fsp3) is 1.00. The first-order valence-corrected chi connectivity index (χ1v) is 2.73. The van der Waals surface area contributed by atoms with Crippen molar-refractivity contribution in [3.63, 3.8) is 0 Å². The van der Waals surface area contributed by atoms with Crippen molar-refractivity contribution in [2.24, 2.45) is 0 Å². The Morgan fingerprint density at radius 2 is 1.14 bits per heavy atom. The zero-order valence-corrected chi connectivity index (χ0v) is 14.7. The Kier molecular flexibility index (Phi) is 36.8. The molecule has 0 fully saturated rings. The average molecular weight is 515 g/mol. The minimum absolute atomic E-state index is 0. The van der Waals surface area contributed by atoms with Crippen LogP contribution in [0.5, 0.6) is 0 Å². The summed E-state index contributed by atoms with van der Waals surface area (Å²) in [7, 11) is 0. The number of hydrogen-bond acceptors (Lipinski definition) is 2. The van der Waals surface area contributed by atoms with Crippen LogP contribution in [-0.4, -0.2) is 66.1 Å². The summed E-state index contributed by atoms with van der Waals surface area (Å²) >= 11 is 9.17. The van der Waals surface area contributed by atoms with E-state index in [1.54, 1.807) is 0 Å². The molecule has 0 aliphatic carbocycles. The van der Waals surface area contributed by atoms with Crippen molar-refractivity contribution >= 4 is 79.9 Å². The van der Waals surface area contributed by atoms with Crippen molar-refractivity contribution in [2.45, 2.75) is 6.42 Å². The first kappa shape index (κ1) is 16.3. The molecule has 0 spiro atoms. The third kappa shape index (κ3) is 17.7. The summed E-state index contributed by atoms with van der Waals surface area (Å²) in [5.74, 6) is 1.65. The van der Waals surface area contributed by atoms with E-state index in [-0.39, 0.29) is 54.6 Å². The molecular formula is C3H6S2Tl2. The van der Waals surface area contributed by atoms with Gasteiger partial charge in [0.2, 0.25) is 0 Å². The predicted molar refractivity (Wildman–Crippen MR) is 40.6 cm³/mol. The Bertz CT molecular complexity index is 18.4. The first-order valence-electron chi connectivity index (χ1n) is 1.58. The molecule has 0 atom stereocenters. The van der Waals surface area contributed by atoms with Crippen molar-refractivity contribution in [1.29, 1.82) is 0 Å². The zero-order chi connectivity index (χ0) is 4.12. The van der Waals surface area contributed by atoms with Gasteiger partial charge in [-0.1, -0.05) is 6.42 Å². The van der Waals surface area contributed by atoms with E-state index in [1.807, 2.05) is 0 Å². The Morgan fingerprint density at radius 3 is 1.14 bits per heavy atom. The van der Waals surface area contributed by atoms with E-state index in [1.165, 1.54) is 0 Å². The molecule has 36 valence electrons. The minimum atomic E-state index is 0. The molecule has 0 heterocycles. The van der Waals surface area contributed by atoms with E-state index in [4.69, 9.17) is 0 Å². The maximum atomic E-state index is 4.58. The summed E-state index contributed by atoms with van der Waals surface area (Å²) in [6, 6.07) is 0. The number of rotatable bonds is 2. The zero-order valence-electron chi connectivity index (χ0n) is 4.09. The van der Waals surface area contributed by atoms with E-state index in [0.29, 0.717) is 0 Å². The molecule has 0 aromatic rings. The van der Waals surface area contributed by atoms with Crippen LogP contribution in [0.3, 0.4) is 0 Å². The molecule has 4 heteroatoms. The summed E-state index contributed by atoms with van der Waals surface area (Å²) in [4.78, 5) is 0. The molecular weight excluding hydrogens is 509 g/mol. The maximum absolute atomic E-state index is 4.58. The van der Waals surface area contributed by atoms with E-state index < -0.39 is 0 Å². The van der Waals surface area contributed by atoms with Crippen LogP contribution in [0.1, 0.15) is 6.42 Å². The molecule has 0 unspecified atom stereocenters. The van der Waals surface area contributed by atoms with Gasteiger partial charge < -0.3 is 25.3 Å². The van der Waals surface area contributed by atoms with Crippen molar-refractivity contribution in [1.82, 2.24) is 0 Å². The molecule has 0 saturated carbocycles. The quantitative estimate of drug-likeness (QED) is 0.367. The van der Waals surface area contributed by atoms with Gasteiger partial charge >= 0.3 is 54.6 Å². The van der Waals surface area contributed by atoms with Gasteiger partial charge in [0.15, 0.2) is 0 Å². The Balaban J connectivity index is -0.0000000800. The van der Waals surface area contributed by atoms with Crippen molar-refractivity contribution in [3.05, 3.63) is 0 Å². The molecule has 0 saturated heterocycles. The molecule has 0 radical (unpaired) electrons. The molecule has 0 bridgehead atoms. The SMILES string of the molecule is [S-]CCC[S-].[Tl+].[Tl+]. The summed E-state index contributed by atoms with van der Waals surface area (Å²) in [5.41, 5.74) is 0. The largest absolute Gasteiger partial charge is 1.00 e. The minimum Gasteiger partial charge on any atom is -0.793 e. The summed E-state index contributed by atoms with van der Waals surface area (Å²) in [6.07, 6.45) is 1.02. The molecule has 0 rings (SSSR count). The van der Waals surface area contributed by atoms with Gasteiger partial charge in [0.25, 0.3) is 0 Å². The topological polar surface area (TPSA) is 0 Å². The van der Waals surface area contributed by atoms with Crippen molar-refractivity contribution < 1.29 is 0 Å². The van der Waals surface area contributed by atoms with E-state index in [2.05, 4.69) is 25.3 Å². The second-order valence-corrected chi connectivity index (χ2v) is 1.58. The van der Waals surface area contributed by atoms with Crippen molar-refractivity contribution in [2.75, 3.05) is 11.5 Å². The van der Waals surface area contributed by atoms with Gasteiger partial charge in [-0.2, -0.15) is 11.5 Å². The molecule has 0 aromatic heterocycles. The van der Waals surface area contributed by atoms with E-state index in [0.717, 1.165) is 17.9 Å². The molecule has 7 heavy (non-hydrogen) atoms. The van der Waals surface area contributed by atoms with E-state index in [9.17, 15) is 0 Å². The summed E-state index contributed by atoms with van der Waals surface area (Å²) in [5, 5.41) is 0. The van der Waals surface area contributed by atoms with Crippen LogP contribution in [-0.2, 0) is 25.3 Å². The van der Waals surface area contributed by atoms with E-state index >= 15 is 0 Å². The second kappa shape index (κ2) is 15.8. The van der Waals surface area contributed by atoms with Crippen LogP contribution in [0.4, 0.5) is 0 Å². The number of hydrogen-bond donors (Lipinski definition) is 0. The van der Waals surface area contributed by atoms with Crippen LogP contribution >= 0.6 is 0 Å². The van der Waals surface area contributed by atoms with Gasteiger partial charge in [-0.05, 0) is 0 Å². The smallest absolute Gasteiger partial charge is 0.793 e. The van der Waals surface area contributed by atoms with Crippen LogP contribution in [0.25, 0.3) is 0 Å². The summed E-state index contributed by atoms with van der Waals surface area (Å²) in [6.45, 7) is 0. The maximum Gasteiger partial charge on any atom is 1.00 e. The van der Waals surface area contributed by atoms with Crippen LogP contribution in [0, 0.1) is 0 Å². The average Bonchev–Trinajstić information content (AvgIpc) is 1.41. The molecule has 0 amide bonds. The standard InChI is InChI=1S/C3H8S2.2Tl/c4-2-1-3-5;;/h4-5H,1-3H2;;/q;2*+1/p-2. The Labute approximate surface area is 96.3 Å².